The fourth-order valence-electron chi connectivity index (χ4n) is 3.41. The van der Waals surface area contributed by atoms with Crippen LogP contribution >= 0.6 is 24.0 Å². The normalized spacial score (nSPS) is 15.6. The number of nitrogens with one attached hydrogen (secondary N) is 1. The van der Waals surface area contributed by atoms with Crippen LogP contribution in [0.5, 0.6) is 11.5 Å². The molecule has 152 valence electrons. The Hall–Kier alpha value is -2.00. The third kappa shape index (κ3) is 6.00. The van der Waals surface area contributed by atoms with Crippen molar-refractivity contribution in [1.29, 1.82) is 0 Å². The van der Waals surface area contributed by atoms with Crippen molar-refractivity contribution in [3.05, 3.63) is 54.1 Å². The Kier molecular flexibility index (Phi) is 8.85. The average Bonchev–Trinajstić information content (AvgIpc) is 3.23. The largest absolute Gasteiger partial charge is 0.497 e. The molecule has 1 fully saturated rings. The van der Waals surface area contributed by atoms with Gasteiger partial charge in [0.25, 0.3) is 0 Å². The number of halogens is 1. The number of rotatable bonds is 7. The first kappa shape index (κ1) is 22.3. The maximum atomic E-state index is 6.13. The molecule has 1 atom stereocenters. The van der Waals surface area contributed by atoms with Crippen LogP contribution in [-0.2, 0) is 0 Å². The van der Waals surface area contributed by atoms with Crippen molar-refractivity contribution in [3.8, 4) is 11.5 Å². The van der Waals surface area contributed by atoms with E-state index < -0.39 is 0 Å². The van der Waals surface area contributed by atoms with Crippen LogP contribution < -0.4 is 20.5 Å². The van der Waals surface area contributed by atoms with E-state index in [1.165, 1.54) is 18.4 Å². The van der Waals surface area contributed by atoms with Gasteiger partial charge < -0.3 is 20.5 Å². The topological polar surface area (TPSA) is 72.1 Å². The highest BCUT2D eigenvalue weighted by Gasteiger charge is 2.23. The molecule has 28 heavy (non-hydrogen) atoms. The van der Waals surface area contributed by atoms with E-state index in [0.29, 0.717) is 12.5 Å². The molecule has 0 radical (unpaired) electrons. The minimum absolute atomic E-state index is 0. The number of benzene rings is 2. The quantitative estimate of drug-likeness (QED) is 0.346. The molecule has 1 aliphatic heterocycles. The summed E-state index contributed by atoms with van der Waals surface area (Å²) in [5.41, 5.74) is 8.19. The van der Waals surface area contributed by atoms with E-state index in [0.717, 1.165) is 30.3 Å². The van der Waals surface area contributed by atoms with Crippen molar-refractivity contribution in [2.75, 3.05) is 39.2 Å². The standard InChI is InChI=1S/C21H28N4O2.HI/c1-26-18-9-5-7-16(13-18)20(25-11-3-4-12-25)15-23-21(22)24-17-8-6-10-19(14-17)27-2;/h5-10,13-14,20H,3-4,11-12,15H2,1-2H3,(H3,22,23,24);1H. The number of likely N-dealkylation sites (tertiary alicyclic amines) is 1. The maximum Gasteiger partial charge on any atom is 0.193 e. The van der Waals surface area contributed by atoms with Gasteiger partial charge in [0, 0.05) is 11.8 Å². The maximum absolute atomic E-state index is 6.13. The van der Waals surface area contributed by atoms with Gasteiger partial charge in [-0.2, -0.15) is 0 Å². The third-order valence-corrected chi connectivity index (χ3v) is 4.84. The molecular weight excluding hydrogens is 467 g/mol. The number of ether oxygens (including phenoxy) is 2. The molecular formula is C21H29IN4O2. The Labute approximate surface area is 184 Å². The minimum Gasteiger partial charge on any atom is -0.497 e. The number of hydrogen-bond acceptors (Lipinski definition) is 4. The number of nitrogens with two attached hydrogens (primary N) is 1. The Morgan fingerprint density at radius 3 is 2.39 bits per heavy atom. The third-order valence-electron chi connectivity index (χ3n) is 4.84. The number of hydrogen-bond donors (Lipinski definition) is 2. The van der Waals surface area contributed by atoms with Gasteiger partial charge in [-0.15, -0.1) is 24.0 Å². The van der Waals surface area contributed by atoms with E-state index in [1.54, 1.807) is 14.2 Å². The van der Waals surface area contributed by atoms with Crippen LogP contribution in [0, 0.1) is 0 Å². The molecule has 1 saturated heterocycles. The zero-order valence-corrected chi connectivity index (χ0v) is 18.8. The summed E-state index contributed by atoms with van der Waals surface area (Å²) in [6.45, 7) is 2.76. The zero-order valence-electron chi connectivity index (χ0n) is 16.4. The molecule has 6 nitrogen and oxygen atoms in total. The van der Waals surface area contributed by atoms with Crippen LogP contribution in [-0.4, -0.2) is 44.7 Å². The highest BCUT2D eigenvalue weighted by Crippen LogP contribution is 2.28. The van der Waals surface area contributed by atoms with Gasteiger partial charge in [0.2, 0.25) is 0 Å². The van der Waals surface area contributed by atoms with E-state index in [-0.39, 0.29) is 30.0 Å². The van der Waals surface area contributed by atoms with Gasteiger partial charge in [0.15, 0.2) is 5.96 Å². The van der Waals surface area contributed by atoms with Crippen molar-refractivity contribution < 1.29 is 9.47 Å². The molecule has 0 spiro atoms. The molecule has 2 aromatic carbocycles. The molecule has 3 N–H and O–H groups in total. The highest BCUT2D eigenvalue weighted by atomic mass is 127. The summed E-state index contributed by atoms with van der Waals surface area (Å²) in [5.74, 6) is 2.04. The first-order valence-corrected chi connectivity index (χ1v) is 9.28. The summed E-state index contributed by atoms with van der Waals surface area (Å²) < 4.78 is 10.6. The van der Waals surface area contributed by atoms with E-state index in [4.69, 9.17) is 15.2 Å². The monoisotopic (exact) mass is 496 g/mol. The molecule has 7 heteroatoms. The first-order chi connectivity index (χ1) is 13.2. The van der Waals surface area contributed by atoms with Gasteiger partial charge in [0.1, 0.15) is 11.5 Å². The smallest absolute Gasteiger partial charge is 0.193 e. The second kappa shape index (κ2) is 11.1. The Morgan fingerprint density at radius 1 is 1.07 bits per heavy atom. The summed E-state index contributed by atoms with van der Waals surface area (Å²) in [6, 6.07) is 16.0. The summed E-state index contributed by atoms with van der Waals surface area (Å²) in [6.07, 6.45) is 2.45. The van der Waals surface area contributed by atoms with Crippen molar-refractivity contribution in [2.45, 2.75) is 18.9 Å². The molecule has 1 heterocycles. The fourth-order valence-corrected chi connectivity index (χ4v) is 3.41. The lowest BCUT2D eigenvalue weighted by molar-refractivity contribution is 0.251. The number of nitrogens with zero attached hydrogens (tertiary/aromatic N) is 2. The number of guanidine groups is 1. The van der Waals surface area contributed by atoms with Crippen LogP contribution in [0.15, 0.2) is 53.5 Å². The average molecular weight is 496 g/mol. The predicted octanol–water partition coefficient (Wildman–Crippen LogP) is 3.89. The number of anilines is 1. The second-order valence-corrected chi connectivity index (χ2v) is 6.62. The first-order valence-electron chi connectivity index (χ1n) is 9.28. The SMILES string of the molecule is COc1cccc(NC(N)=NCC(c2cccc(OC)c2)N2CCCC2)c1.I. The Morgan fingerprint density at radius 2 is 1.71 bits per heavy atom. The van der Waals surface area contributed by atoms with Gasteiger partial charge >= 0.3 is 0 Å². The second-order valence-electron chi connectivity index (χ2n) is 6.62. The fraction of sp³-hybridized carbons (Fsp3) is 0.381. The molecule has 2 aromatic rings. The molecule has 1 aliphatic rings. The van der Waals surface area contributed by atoms with Crippen LogP contribution in [0.4, 0.5) is 5.69 Å². The Balaban J connectivity index is 0.00000280. The van der Waals surface area contributed by atoms with E-state index in [9.17, 15) is 0 Å². The Bertz CT molecular complexity index is 779. The van der Waals surface area contributed by atoms with E-state index in [1.807, 2.05) is 36.4 Å². The van der Waals surface area contributed by atoms with Gasteiger partial charge in [0.05, 0.1) is 26.8 Å². The van der Waals surface area contributed by atoms with Crippen LogP contribution in [0.2, 0.25) is 0 Å². The van der Waals surface area contributed by atoms with Gasteiger partial charge in [-0.3, -0.25) is 9.89 Å². The molecule has 0 aliphatic carbocycles. The molecule has 0 aromatic heterocycles. The van der Waals surface area contributed by atoms with Gasteiger partial charge in [-0.25, -0.2) is 0 Å². The number of methoxy groups -OCH3 is 2. The minimum atomic E-state index is 0. The molecule has 3 rings (SSSR count). The molecule has 0 saturated carbocycles. The summed E-state index contributed by atoms with van der Waals surface area (Å²) >= 11 is 0. The lowest BCUT2D eigenvalue weighted by Gasteiger charge is -2.27. The predicted molar refractivity (Wildman–Crippen MR) is 125 cm³/mol. The van der Waals surface area contributed by atoms with E-state index >= 15 is 0 Å². The van der Waals surface area contributed by atoms with Crippen LogP contribution in [0.3, 0.4) is 0 Å². The zero-order chi connectivity index (χ0) is 19.1. The lowest BCUT2D eigenvalue weighted by Crippen LogP contribution is -2.30. The van der Waals surface area contributed by atoms with Crippen molar-refractivity contribution in [3.63, 3.8) is 0 Å². The summed E-state index contributed by atoms with van der Waals surface area (Å²) in [5, 5.41) is 3.14. The van der Waals surface area contributed by atoms with Crippen LogP contribution in [0.1, 0.15) is 24.4 Å². The van der Waals surface area contributed by atoms with Crippen LogP contribution in [0.25, 0.3) is 0 Å². The summed E-state index contributed by atoms with van der Waals surface area (Å²) in [4.78, 5) is 7.08. The highest BCUT2D eigenvalue weighted by molar-refractivity contribution is 14.0. The molecule has 0 bridgehead atoms. The van der Waals surface area contributed by atoms with Gasteiger partial charge in [-0.05, 0) is 55.8 Å². The van der Waals surface area contributed by atoms with E-state index in [2.05, 4.69) is 27.3 Å². The van der Waals surface area contributed by atoms with Gasteiger partial charge in [-0.1, -0.05) is 18.2 Å². The van der Waals surface area contributed by atoms with Crippen molar-refractivity contribution in [1.82, 2.24) is 4.90 Å². The van der Waals surface area contributed by atoms with Crippen molar-refractivity contribution >= 4 is 35.6 Å². The summed E-state index contributed by atoms with van der Waals surface area (Å²) in [7, 11) is 3.34. The lowest BCUT2D eigenvalue weighted by atomic mass is 10.1. The molecule has 1 unspecified atom stereocenters. The number of aliphatic imine (C=N–C) groups is 1. The van der Waals surface area contributed by atoms with Crippen molar-refractivity contribution in [2.24, 2.45) is 10.7 Å². The molecule has 0 amide bonds.